The topological polar surface area (TPSA) is 24.9 Å². The van der Waals surface area contributed by atoms with Gasteiger partial charge < -0.3 is 5.32 Å². The van der Waals surface area contributed by atoms with Gasteiger partial charge >= 0.3 is 0 Å². The van der Waals surface area contributed by atoms with Crippen LogP contribution in [-0.4, -0.2) is 4.98 Å². The number of aromatic nitrogens is 1. The molecule has 0 aliphatic heterocycles. The molecule has 1 N–H and O–H groups in total. The van der Waals surface area contributed by atoms with Gasteiger partial charge in [-0.15, -0.1) is 11.3 Å². The van der Waals surface area contributed by atoms with Gasteiger partial charge in [-0.3, -0.25) is 0 Å². The zero-order valence-corrected chi connectivity index (χ0v) is 11.4. The Labute approximate surface area is 111 Å². The summed E-state index contributed by atoms with van der Waals surface area (Å²) in [6.07, 6.45) is 2.83. The highest BCUT2D eigenvalue weighted by molar-refractivity contribution is 7.11. The van der Waals surface area contributed by atoms with Crippen LogP contribution in [0.4, 0.5) is 4.39 Å². The van der Waals surface area contributed by atoms with Crippen molar-refractivity contribution in [3.63, 3.8) is 0 Å². The predicted molar refractivity (Wildman–Crippen MR) is 73.1 cm³/mol. The molecule has 1 aromatic carbocycles. The zero-order valence-electron chi connectivity index (χ0n) is 10.6. The maximum atomic E-state index is 13.2. The third kappa shape index (κ3) is 3.37. The monoisotopic (exact) mass is 264 g/mol. The molecule has 0 fully saturated rings. The van der Waals surface area contributed by atoms with Crippen molar-refractivity contribution in [2.24, 2.45) is 0 Å². The molecule has 2 aromatic rings. The fourth-order valence-electron chi connectivity index (χ4n) is 1.93. The number of halogens is 1. The quantitative estimate of drug-likeness (QED) is 0.887. The summed E-state index contributed by atoms with van der Waals surface area (Å²) in [4.78, 5) is 5.44. The van der Waals surface area contributed by atoms with E-state index in [2.05, 4.69) is 17.2 Å². The Balaban J connectivity index is 2.01. The molecule has 0 aliphatic carbocycles. The van der Waals surface area contributed by atoms with E-state index in [0.717, 1.165) is 23.5 Å². The summed E-state index contributed by atoms with van der Waals surface area (Å²) in [5, 5.41) is 4.52. The first kappa shape index (κ1) is 13.2. The van der Waals surface area contributed by atoms with Gasteiger partial charge in [0.2, 0.25) is 0 Å². The molecule has 18 heavy (non-hydrogen) atoms. The first-order valence-corrected chi connectivity index (χ1v) is 6.91. The molecule has 1 atom stereocenters. The minimum absolute atomic E-state index is 0.179. The lowest BCUT2D eigenvalue weighted by Gasteiger charge is -2.16. The van der Waals surface area contributed by atoms with Gasteiger partial charge in [-0.05, 0) is 31.0 Å². The third-order valence-corrected chi connectivity index (χ3v) is 3.76. The molecular weight excluding hydrogens is 247 g/mol. The van der Waals surface area contributed by atoms with E-state index < -0.39 is 0 Å². The Hall–Kier alpha value is -1.26. The van der Waals surface area contributed by atoms with Crippen molar-refractivity contribution in [2.75, 3.05) is 0 Å². The second-order valence-corrected chi connectivity index (χ2v) is 5.56. The SMILES string of the molecule is CCC(NCc1cnc(C)s1)c1cccc(F)c1. The van der Waals surface area contributed by atoms with Crippen molar-refractivity contribution in [3.05, 3.63) is 51.7 Å². The normalized spacial score (nSPS) is 12.6. The molecule has 2 rings (SSSR count). The minimum atomic E-state index is -0.179. The van der Waals surface area contributed by atoms with E-state index in [4.69, 9.17) is 0 Å². The van der Waals surface area contributed by atoms with Gasteiger partial charge in [0.15, 0.2) is 0 Å². The molecule has 96 valence electrons. The summed E-state index contributed by atoms with van der Waals surface area (Å²) < 4.78 is 13.2. The maximum absolute atomic E-state index is 13.2. The zero-order chi connectivity index (χ0) is 13.0. The lowest BCUT2D eigenvalue weighted by Crippen LogP contribution is -2.19. The van der Waals surface area contributed by atoms with E-state index in [9.17, 15) is 4.39 Å². The molecule has 4 heteroatoms. The number of thiazole rings is 1. The van der Waals surface area contributed by atoms with Gasteiger partial charge in [0.05, 0.1) is 5.01 Å². The van der Waals surface area contributed by atoms with Crippen LogP contribution in [0.3, 0.4) is 0 Å². The molecule has 0 bridgehead atoms. The second kappa shape index (κ2) is 6.07. The Morgan fingerprint density at radius 1 is 1.44 bits per heavy atom. The molecule has 1 heterocycles. The summed E-state index contributed by atoms with van der Waals surface area (Å²) in [5.74, 6) is -0.179. The molecule has 0 aliphatic rings. The molecule has 1 unspecified atom stereocenters. The molecule has 1 aromatic heterocycles. The van der Waals surface area contributed by atoms with Crippen LogP contribution in [0.25, 0.3) is 0 Å². The number of rotatable bonds is 5. The van der Waals surface area contributed by atoms with Crippen molar-refractivity contribution in [2.45, 2.75) is 32.9 Å². The first-order chi connectivity index (χ1) is 8.69. The number of hydrogen-bond donors (Lipinski definition) is 1. The highest BCUT2D eigenvalue weighted by Gasteiger charge is 2.10. The van der Waals surface area contributed by atoms with Crippen molar-refractivity contribution in [3.8, 4) is 0 Å². The van der Waals surface area contributed by atoms with E-state index >= 15 is 0 Å². The van der Waals surface area contributed by atoms with Crippen LogP contribution < -0.4 is 5.32 Å². The van der Waals surface area contributed by atoms with Crippen LogP contribution in [0.15, 0.2) is 30.5 Å². The largest absolute Gasteiger partial charge is 0.305 e. The Bertz CT molecular complexity index is 510. The molecule has 0 saturated heterocycles. The molecule has 0 spiro atoms. The number of benzene rings is 1. The number of nitrogens with zero attached hydrogens (tertiary/aromatic N) is 1. The summed E-state index contributed by atoms with van der Waals surface area (Å²) in [6, 6.07) is 6.97. The highest BCUT2D eigenvalue weighted by atomic mass is 32.1. The van der Waals surface area contributed by atoms with Crippen LogP contribution in [0.2, 0.25) is 0 Å². The minimum Gasteiger partial charge on any atom is -0.305 e. The van der Waals surface area contributed by atoms with E-state index in [-0.39, 0.29) is 11.9 Å². The van der Waals surface area contributed by atoms with Gasteiger partial charge in [-0.25, -0.2) is 9.37 Å². The summed E-state index contributed by atoms with van der Waals surface area (Å²) >= 11 is 1.69. The van der Waals surface area contributed by atoms with Crippen molar-refractivity contribution < 1.29 is 4.39 Å². The van der Waals surface area contributed by atoms with E-state index in [1.54, 1.807) is 23.5 Å². The second-order valence-electron chi connectivity index (χ2n) is 4.24. The van der Waals surface area contributed by atoms with E-state index in [1.165, 1.54) is 10.9 Å². The standard InChI is InChI=1S/C14H17FN2S/c1-3-14(11-5-4-6-12(15)7-11)17-9-13-8-16-10(2)18-13/h4-8,14,17H,3,9H2,1-2H3. The van der Waals surface area contributed by atoms with Crippen molar-refractivity contribution in [1.82, 2.24) is 10.3 Å². The average Bonchev–Trinajstić information content (AvgIpc) is 2.76. The molecule has 0 saturated carbocycles. The summed E-state index contributed by atoms with van der Waals surface area (Å²) in [5.41, 5.74) is 0.999. The van der Waals surface area contributed by atoms with Crippen LogP contribution in [-0.2, 0) is 6.54 Å². The van der Waals surface area contributed by atoms with Gasteiger partial charge in [0.1, 0.15) is 5.82 Å². The number of nitrogens with one attached hydrogen (secondary N) is 1. The van der Waals surface area contributed by atoms with E-state index in [0.29, 0.717) is 0 Å². The average molecular weight is 264 g/mol. The van der Waals surface area contributed by atoms with Crippen LogP contribution in [0.5, 0.6) is 0 Å². The van der Waals surface area contributed by atoms with Gasteiger partial charge in [0.25, 0.3) is 0 Å². The number of aryl methyl sites for hydroxylation is 1. The smallest absolute Gasteiger partial charge is 0.123 e. The van der Waals surface area contributed by atoms with Crippen molar-refractivity contribution in [1.29, 1.82) is 0 Å². The highest BCUT2D eigenvalue weighted by Crippen LogP contribution is 2.19. The van der Waals surface area contributed by atoms with Crippen LogP contribution >= 0.6 is 11.3 Å². The molecule has 0 radical (unpaired) electrons. The predicted octanol–water partition coefficient (Wildman–Crippen LogP) is 3.83. The third-order valence-electron chi connectivity index (χ3n) is 2.85. The molecule has 2 nitrogen and oxygen atoms in total. The van der Waals surface area contributed by atoms with Crippen LogP contribution in [0, 0.1) is 12.7 Å². The number of hydrogen-bond acceptors (Lipinski definition) is 3. The fraction of sp³-hybridized carbons (Fsp3) is 0.357. The van der Waals surface area contributed by atoms with Gasteiger partial charge in [-0.2, -0.15) is 0 Å². The summed E-state index contributed by atoms with van der Waals surface area (Å²) in [6.45, 7) is 4.87. The first-order valence-electron chi connectivity index (χ1n) is 6.09. The Morgan fingerprint density at radius 2 is 2.28 bits per heavy atom. The lowest BCUT2D eigenvalue weighted by molar-refractivity contribution is 0.517. The van der Waals surface area contributed by atoms with Gasteiger partial charge in [-0.1, -0.05) is 19.1 Å². The van der Waals surface area contributed by atoms with Gasteiger partial charge in [0, 0.05) is 23.7 Å². The fourth-order valence-corrected chi connectivity index (χ4v) is 2.68. The molecular formula is C14H17FN2S. The maximum Gasteiger partial charge on any atom is 0.123 e. The van der Waals surface area contributed by atoms with Crippen molar-refractivity contribution >= 4 is 11.3 Å². The summed E-state index contributed by atoms with van der Waals surface area (Å²) in [7, 11) is 0. The molecule has 0 amide bonds. The Kier molecular flexibility index (Phi) is 4.44. The lowest BCUT2D eigenvalue weighted by atomic mass is 10.0. The van der Waals surface area contributed by atoms with Crippen LogP contribution in [0.1, 0.15) is 34.8 Å². The van der Waals surface area contributed by atoms with E-state index in [1.807, 2.05) is 19.2 Å². The Morgan fingerprint density at radius 3 is 2.89 bits per heavy atom.